The van der Waals surface area contributed by atoms with E-state index >= 15 is 0 Å². The van der Waals surface area contributed by atoms with Crippen LogP contribution in [-0.2, 0) is 9.47 Å². The van der Waals surface area contributed by atoms with Gasteiger partial charge < -0.3 is 9.47 Å². The Bertz CT molecular complexity index is 1290. The zero-order valence-corrected chi connectivity index (χ0v) is 21.1. The number of esters is 2. The van der Waals surface area contributed by atoms with Gasteiger partial charge in [0, 0.05) is 21.2 Å². The quantitative estimate of drug-likeness (QED) is 0.147. The number of ether oxygens (including phenoxy) is 2. The van der Waals surface area contributed by atoms with Crippen molar-refractivity contribution in [1.29, 1.82) is 0 Å². The van der Waals surface area contributed by atoms with Crippen LogP contribution in [0.15, 0.2) is 97.1 Å². The summed E-state index contributed by atoms with van der Waals surface area (Å²) < 4.78 is 11.8. The molecule has 0 unspecified atom stereocenters. The van der Waals surface area contributed by atoms with Crippen LogP contribution in [-0.4, -0.2) is 11.9 Å². The standard InChI is InChI=1S/C30H22Cl2O4/c1-19-3-7-23(8-4-19)29(33)35-27(21-11-15-25(31)16-12-21)28(22-13-17-26(32)18-14-22)36-30(34)24-9-5-20(2)6-10-24/h3-18H,1-2H3. The highest BCUT2D eigenvalue weighted by molar-refractivity contribution is 6.31. The molecule has 0 radical (unpaired) electrons. The first-order valence-electron chi connectivity index (χ1n) is 11.1. The lowest BCUT2D eigenvalue weighted by atomic mass is 10.1. The average molecular weight is 517 g/mol. The van der Waals surface area contributed by atoms with Gasteiger partial charge in [-0.25, -0.2) is 9.59 Å². The molecule has 4 aromatic carbocycles. The highest BCUT2D eigenvalue weighted by Crippen LogP contribution is 2.32. The topological polar surface area (TPSA) is 52.6 Å². The Balaban J connectivity index is 1.85. The third-order valence-corrected chi connectivity index (χ3v) is 5.89. The van der Waals surface area contributed by atoms with Crippen molar-refractivity contribution in [3.63, 3.8) is 0 Å². The van der Waals surface area contributed by atoms with Gasteiger partial charge in [0.05, 0.1) is 11.1 Å². The minimum Gasteiger partial charge on any atom is -0.418 e. The SMILES string of the molecule is Cc1ccc(C(=O)OC(=C(OC(=O)c2ccc(C)cc2)c2ccc(Cl)cc2)c2ccc(Cl)cc2)cc1. The van der Waals surface area contributed by atoms with Gasteiger partial charge in [0.15, 0.2) is 11.5 Å². The molecule has 0 bridgehead atoms. The van der Waals surface area contributed by atoms with Gasteiger partial charge >= 0.3 is 11.9 Å². The van der Waals surface area contributed by atoms with Gasteiger partial charge in [-0.15, -0.1) is 0 Å². The van der Waals surface area contributed by atoms with Crippen LogP contribution in [0.1, 0.15) is 43.0 Å². The minimum atomic E-state index is -0.599. The van der Waals surface area contributed by atoms with E-state index in [1.807, 2.05) is 38.1 Å². The largest absolute Gasteiger partial charge is 0.418 e. The third kappa shape index (κ3) is 6.22. The Morgan fingerprint density at radius 2 is 0.750 bits per heavy atom. The normalized spacial score (nSPS) is 11.4. The van der Waals surface area contributed by atoms with Gasteiger partial charge in [0.1, 0.15) is 0 Å². The van der Waals surface area contributed by atoms with Crippen LogP contribution in [0.25, 0.3) is 11.5 Å². The molecule has 0 atom stereocenters. The molecule has 0 saturated heterocycles. The number of carbonyl (C=O) groups excluding carboxylic acids is 2. The summed E-state index contributed by atoms with van der Waals surface area (Å²) in [5.74, 6) is -1.06. The summed E-state index contributed by atoms with van der Waals surface area (Å²) in [4.78, 5) is 26.3. The first-order valence-corrected chi connectivity index (χ1v) is 11.9. The molecule has 180 valence electrons. The fourth-order valence-corrected chi connectivity index (χ4v) is 3.61. The molecule has 0 aliphatic carbocycles. The van der Waals surface area contributed by atoms with Crippen molar-refractivity contribution in [3.8, 4) is 0 Å². The van der Waals surface area contributed by atoms with E-state index in [0.29, 0.717) is 32.3 Å². The second-order valence-corrected chi connectivity index (χ2v) is 9.06. The van der Waals surface area contributed by atoms with Gasteiger partial charge in [0.25, 0.3) is 0 Å². The van der Waals surface area contributed by atoms with Gasteiger partial charge in [-0.1, -0.05) is 58.6 Å². The number of hydrogen-bond acceptors (Lipinski definition) is 4. The number of benzene rings is 4. The summed E-state index contributed by atoms with van der Waals surface area (Å²) in [5, 5.41) is 1.01. The molecule has 0 heterocycles. The Morgan fingerprint density at radius 3 is 1.06 bits per heavy atom. The van der Waals surface area contributed by atoms with E-state index in [2.05, 4.69) is 0 Å². The van der Waals surface area contributed by atoms with E-state index < -0.39 is 11.9 Å². The first kappa shape index (κ1) is 25.2. The molecule has 4 aromatic rings. The third-order valence-electron chi connectivity index (χ3n) is 5.38. The molecule has 4 nitrogen and oxygen atoms in total. The van der Waals surface area contributed by atoms with Crippen molar-refractivity contribution < 1.29 is 19.1 Å². The van der Waals surface area contributed by atoms with Crippen molar-refractivity contribution in [3.05, 3.63) is 140 Å². The van der Waals surface area contributed by atoms with Crippen molar-refractivity contribution in [2.75, 3.05) is 0 Å². The smallest absolute Gasteiger partial charge is 0.343 e. The molecule has 6 heteroatoms. The Morgan fingerprint density at radius 1 is 0.472 bits per heavy atom. The maximum absolute atomic E-state index is 13.1. The monoisotopic (exact) mass is 516 g/mol. The van der Waals surface area contributed by atoms with Crippen LogP contribution in [0.2, 0.25) is 10.0 Å². The summed E-state index contributed by atoms with van der Waals surface area (Å²) in [5.41, 5.74) is 3.73. The fourth-order valence-electron chi connectivity index (χ4n) is 3.36. The lowest BCUT2D eigenvalue weighted by Crippen LogP contribution is -2.11. The van der Waals surface area contributed by atoms with E-state index in [1.54, 1.807) is 72.8 Å². The van der Waals surface area contributed by atoms with Gasteiger partial charge in [-0.05, 0) is 86.6 Å². The Hall–Kier alpha value is -3.86. The van der Waals surface area contributed by atoms with E-state index in [0.717, 1.165) is 11.1 Å². The molecular formula is C30H22Cl2O4. The van der Waals surface area contributed by atoms with Gasteiger partial charge in [-0.2, -0.15) is 0 Å². The lowest BCUT2D eigenvalue weighted by molar-refractivity contribution is 0.0646. The molecule has 0 aliphatic rings. The van der Waals surface area contributed by atoms with E-state index in [-0.39, 0.29) is 11.5 Å². The Labute approximate surface area is 219 Å². The average Bonchev–Trinajstić information content (AvgIpc) is 2.88. The van der Waals surface area contributed by atoms with Crippen LogP contribution in [0.5, 0.6) is 0 Å². The minimum absolute atomic E-state index is 0.0695. The molecule has 0 fully saturated rings. The molecule has 0 saturated carbocycles. The van der Waals surface area contributed by atoms with E-state index in [9.17, 15) is 9.59 Å². The Kier molecular flexibility index (Phi) is 7.89. The highest BCUT2D eigenvalue weighted by atomic mass is 35.5. The number of carbonyl (C=O) groups is 2. The highest BCUT2D eigenvalue weighted by Gasteiger charge is 2.23. The van der Waals surface area contributed by atoms with Crippen LogP contribution >= 0.6 is 23.2 Å². The van der Waals surface area contributed by atoms with Crippen LogP contribution in [0.3, 0.4) is 0 Å². The number of aryl methyl sites for hydroxylation is 2. The lowest BCUT2D eigenvalue weighted by Gasteiger charge is -2.17. The molecule has 0 spiro atoms. The zero-order valence-electron chi connectivity index (χ0n) is 19.6. The summed E-state index contributed by atoms with van der Waals surface area (Å²) in [7, 11) is 0. The molecule has 36 heavy (non-hydrogen) atoms. The van der Waals surface area contributed by atoms with Crippen molar-refractivity contribution in [2.45, 2.75) is 13.8 Å². The molecule has 0 N–H and O–H groups in total. The second-order valence-electron chi connectivity index (χ2n) is 8.18. The van der Waals surface area contributed by atoms with Crippen molar-refractivity contribution >= 4 is 46.7 Å². The summed E-state index contributed by atoms with van der Waals surface area (Å²) in [6.45, 7) is 3.86. The number of hydrogen-bond donors (Lipinski definition) is 0. The van der Waals surface area contributed by atoms with Gasteiger partial charge in [0.2, 0.25) is 0 Å². The number of halogens is 2. The summed E-state index contributed by atoms with van der Waals surface area (Å²) >= 11 is 12.2. The molecule has 0 aromatic heterocycles. The van der Waals surface area contributed by atoms with Gasteiger partial charge in [-0.3, -0.25) is 0 Å². The second kappa shape index (κ2) is 11.3. The number of rotatable bonds is 6. The summed E-state index contributed by atoms with van der Waals surface area (Å²) in [6.07, 6.45) is 0. The first-order chi connectivity index (χ1) is 17.3. The van der Waals surface area contributed by atoms with Crippen LogP contribution < -0.4 is 0 Å². The van der Waals surface area contributed by atoms with Crippen molar-refractivity contribution in [1.82, 2.24) is 0 Å². The summed E-state index contributed by atoms with van der Waals surface area (Å²) in [6, 6.07) is 27.4. The molecular weight excluding hydrogens is 495 g/mol. The van der Waals surface area contributed by atoms with E-state index in [4.69, 9.17) is 32.7 Å². The van der Waals surface area contributed by atoms with Crippen LogP contribution in [0.4, 0.5) is 0 Å². The van der Waals surface area contributed by atoms with Crippen molar-refractivity contribution in [2.24, 2.45) is 0 Å². The predicted molar refractivity (Wildman–Crippen MR) is 143 cm³/mol. The zero-order chi connectivity index (χ0) is 25.7. The predicted octanol–water partition coefficient (Wildman–Crippen LogP) is 8.15. The van der Waals surface area contributed by atoms with E-state index in [1.165, 1.54) is 0 Å². The molecule has 0 amide bonds. The fraction of sp³-hybridized carbons (Fsp3) is 0.0667. The molecule has 0 aliphatic heterocycles. The molecule has 4 rings (SSSR count). The maximum atomic E-state index is 13.1. The maximum Gasteiger partial charge on any atom is 0.343 e. The van der Waals surface area contributed by atoms with Crippen LogP contribution in [0, 0.1) is 13.8 Å².